The van der Waals surface area contributed by atoms with Gasteiger partial charge in [-0.15, -0.1) is 11.3 Å². The summed E-state index contributed by atoms with van der Waals surface area (Å²) >= 11 is 1.70. The van der Waals surface area contributed by atoms with Crippen molar-refractivity contribution in [1.29, 1.82) is 0 Å². The monoisotopic (exact) mass is 421 g/mol. The van der Waals surface area contributed by atoms with Crippen LogP contribution in [-0.2, 0) is 17.8 Å². The second kappa shape index (κ2) is 9.87. The zero-order valence-electron chi connectivity index (χ0n) is 17.3. The van der Waals surface area contributed by atoms with Crippen molar-refractivity contribution in [3.63, 3.8) is 0 Å². The lowest BCUT2D eigenvalue weighted by Gasteiger charge is -2.34. The van der Waals surface area contributed by atoms with Crippen LogP contribution < -0.4 is 4.74 Å². The number of carbonyl (C=O) groups is 1. The van der Waals surface area contributed by atoms with Crippen LogP contribution in [0.5, 0.6) is 5.75 Å². The molecule has 0 N–H and O–H groups in total. The number of carbonyl (C=O) groups excluding carboxylic acids is 1. The minimum atomic E-state index is 0.259. The van der Waals surface area contributed by atoms with Crippen LogP contribution in [0.25, 0.3) is 11.3 Å². The standard InChI is InChI=1S/C24H27N3O2S/c1-29-21-10-8-20(9-11-21)22-18-30-23(25-22)17-26-13-15-27(16-14-26)24(28)12-7-19-5-3-2-4-6-19/h2-6,8-11,18H,7,12-17H2,1H3. The summed E-state index contributed by atoms with van der Waals surface area (Å²) in [7, 11) is 1.67. The molecule has 0 atom stereocenters. The van der Waals surface area contributed by atoms with E-state index in [0.717, 1.165) is 61.2 Å². The van der Waals surface area contributed by atoms with E-state index in [4.69, 9.17) is 9.72 Å². The quantitative estimate of drug-likeness (QED) is 0.576. The van der Waals surface area contributed by atoms with E-state index in [1.807, 2.05) is 47.4 Å². The Labute approximate surface area is 181 Å². The molecule has 4 rings (SSSR count). The summed E-state index contributed by atoms with van der Waals surface area (Å²) in [5, 5.41) is 3.23. The molecule has 1 aliphatic rings. The number of benzene rings is 2. The molecule has 0 radical (unpaired) electrons. The Kier molecular flexibility index (Phi) is 6.77. The lowest BCUT2D eigenvalue weighted by molar-refractivity contribution is -0.133. The number of aryl methyl sites for hydroxylation is 1. The first-order valence-corrected chi connectivity index (χ1v) is 11.2. The minimum Gasteiger partial charge on any atom is -0.497 e. The maximum absolute atomic E-state index is 12.5. The molecular formula is C24H27N3O2S. The van der Waals surface area contributed by atoms with Gasteiger partial charge in [0.25, 0.3) is 0 Å². The third kappa shape index (κ3) is 5.26. The van der Waals surface area contributed by atoms with Crippen molar-refractivity contribution in [1.82, 2.24) is 14.8 Å². The van der Waals surface area contributed by atoms with Gasteiger partial charge < -0.3 is 9.64 Å². The van der Waals surface area contributed by atoms with Crippen LogP contribution in [0.1, 0.15) is 17.0 Å². The van der Waals surface area contributed by atoms with Gasteiger partial charge in [-0.3, -0.25) is 9.69 Å². The molecule has 6 heteroatoms. The third-order valence-electron chi connectivity index (χ3n) is 5.49. The molecule has 0 spiro atoms. The van der Waals surface area contributed by atoms with Gasteiger partial charge in [0.05, 0.1) is 19.3 Å². The second-order valence-corrected chi connectivity index (χ2v) is 8.44. The molecule has 0 bridgehead atoms. The van der Waals surface area contributed by atoms with E-state index in [1.165, 1.54) is 5.56 Å². The molecule has 1 fully saturated rings. The van der Waals surface area contributed by atoms with Gasteiger partial charge in [0.1, 0.15) is 10.8 Å². The Hall–Kier alpha value is -2.70. The van der Waals surface area contributed by atoms with Crippen LogP contribution in [0.15, 0.2) is 60.0 Å². The van der Waals surface area contributed by atoms with Crippen molar-refractivity contribution in [2.45, 2.75) is 19.4 Å². The first-order valence-electron chi connectivity index (χ1n) is 10.3. The Morgan fingerprint density at radius 2 is 1.77 bits per heavy atom. The smallest absolute Gasteiger partial charge is 0.222 e. The molecule has 1 saturated heterocycles. The molecule has 2 aromatic carbocycles. The molecular weight excluding hydrogens is 394 g/mol. The van der Waals surface area contributed by atoms with E-state index in [9.17, 15) is 4.79 Å². The van der Waals surface area contributed by atoms with Gasteiger partial charge in [-0.05, 0) is 36.2 Å². The highest BCUT2D eigenvalue weighted by Crippen LogP contribution is 2.25. The summed E-state index contributed by atoms with van der Waals surface area (Å²) in [5.41, 5.74) is 3.33. The summed E-state index contributed by atoms with van der Waals surface area (Å²) in [6.45, 7) is 4.23. The number of nitrogens with zero attached hydrogens (tertiary/aromatic N) is 3. The van der Waals surface area contributed by atoms with Crippen molar-refractivity contribution in [3.05, 3.63) is 70.5 Å². The Morgan fingerprint density at radius 1 is 1.03 bits per heavy atom. The topological polar surface area (TPSA) is 45.7 Å². The third-order valence-corrected chi connectivity index (χ3v) is 6.33. The molecule has 3 aromatic rings. The maximum atomic E-state index is 12.5. The SMILES string of the molecule is COc1ccc(-c2csc(CN3CCN(C(=O)CCc4ccccc4)CC3)n2)cc1. The summed E-state index contributed by atoms with van der Waals surface area (Å²) in [5.74, 6) is 1.11. The zero-order chi connectivity index (χ0) is 20.8. The predicted octanol–water partition coefficient (Wildman–Crippen LogP) is 4.10. The average Bonchev–Trinajstić information content (AvgIpc) is 3.27. The fourth-order valence-electron chi connectivity index (χ4n) is 3.68. The summed E-state index contributed by atoms with van der Waals surface area (Å²) in [6, 6.07) is 18.2. The number of hydrogen-bond donors (Lipinski definition) is 0. The predicted molar refractivity (Wildman–Crippen MR) is 121 cm³/mol. The van der Waals surface area contributed by atoms with Gasteiger partial charge >= 0.3 is 0 Å². The molecule has 30 heavy (non-hydrogen) atoms. The van der Waals surface area contributed by atoms with Gasteiger partial charge in [-0.25, -0.2) is 4.98 Å². The number of hydrogen-bond acceptors (Lipinski definition) is 5. The largest absolute Gasteiger partial charge is 0.497 e. The summed E-state index contributed by atoms with van der Waals surface area (Å²) < 4.78 is 5.22. The van der Waals surface area contributed by atoms with Crippen molar-refractivity contribution in [2.24, 2.45) is 0 Å². The molecule has 2 heterocycles. The minimum absolute atomic E-state index is 0.259. The molecule has 0 unspecified atom stereocenters. The summed E-state index contributed by atoms with van der Waals surface area (Å²) in [4.78, 5) is 21.7. The van der Waals surface area contributed by atoms with Crippen LogP contribution in [-0.4, -0.2) is 54.0 Å². The second-order valence-electron chi connectivity index (χ2n) is 7.50. The zero-order valence-corrected chi connectivity index (χ0v) is 18.1. The highest BCUT2D eigenvalue weighted by molar-refractivity contribution is 7.09. The maximum Gasteiger partial charge on any atom is 0.222 e. The highest BCUT2D eigenvalue weighted by Gasteiger charge is 2.21. The fourth-order valence-corrected chi connectivity index (χ4v) is 4.52. The van der Waals surface area contributed by atoms with E-state index in [2.05, 4.69) is 22.4 Å². The Bertz CT molecular complexity index is 948. The number of ether oxygens (including phenoxy) is 1. The molecule has 1 amide bonds. The average molecular weight is 422 g/mol. The van der Waals surface area contributed by atoms with Crippen molar-refractivity contribution < 1.29 is 9.53 Å². The van der Waals surface area contributed by atoms with Crippen LogP contribution >= 0.6 is 11.3 Å². The molecule has 5 nitrogen and oxygen atoms in total. The van der Waals surface area contributed by atoms with Gasteiger partial charge in [-0.2, -0.15) is 0 Å². The van der Waals surface area contributed by atoms with Crippen molar-refractivity contribution in [3.8, 4) is 17.0 Å². The van der Waals surface area contributed by atoms with E-state index in [1.54, 1.807) is 18.4 Å². The summed E-state index contributed by atoms with van der Waals surface area (Å²) in [6.07, 6.45) is 1.40. The van der Waals surface area contributed by atoms with E-state index in [0.29, 0.717) is 6.42 Å². The number of piperazine rings is 1. The number of methoxy groups -OCH3 is 1. The van der Waals surface area contributed by atoms with E-state index >= 15 is 0 Å². The fraction of sp³-hybridized carbons (Fsp3) is 0.333. The molecule has 1 aromatic heterocycles. The number of thiazole rings is 1. The lowest BCUT2D eigenvalue weighted by Crippen LogP contribution is -2.48. The van der Waals surface area contributed by atoms with E-state index < -0.39 is 0 Å². The number of aromatic nitrogens is 1. The van der Waals surface area contributed by atoms with Gasteiger partial charge in [-0.1, -0.05) is 30.3 Å². The van der Waals surface area contributed by atoms with Crippen LogP contribution in [0.4, 0.5) is 0 Å². The molecule has 156 valence electrons. The van der Waals surface area contributed by atoms with Gasteiger partial charge in [0.2, 0.25) is 5.91 Å². The number of amides is 1. The normalized spacial score (nSPS) is 14.6. The van der Waals surface area contributed by atoms with Crippen molar-refractivity contribution >= 4 is 17.2 Å². The van der Waals surface area contributed by atoms with E-state index in [-0.39, 0.29) is 5.91 Å². The molecule has 0 aliphatic carbocycles. The highest BCUT2D eigenvalue weighted by atomic mass is 32.1. The first kappa shape index (κ1) is 20.6. The molecule has 0 saturated carbocycles. The Balaban J connectivity index is 1.24. The van der Waals surface area contributed by atoms with Gasteiger partial charge in [0, 0.05) is 43.5 Å². The van der Waals surface area contributed by atoms with Crippen molar-refractivity contribution in [2.75, 3.05) is 33.3 Å². The first-order chi connectivity index (χ1) is 14.7. The Morgan fingerprint density at radius 3 is 2.47 bits per heavy atom. The lowest BCUT2D eigenvalue weighted by atomic mass is 10.1. The van der Waals surface area contributed by atoms with Crippen LogP contribution in [0.2, 0.25) is 0 Å². The van der Waals surface area contributed by atoms with Crippen LogP contribution in [0.3, 0.4) is 0 Å². The van der Waals surface area contributed by atoms with Crippen LogP contribution in [0, 0.1) is 0 Å². The molecule has 1 aliphatic heterocycles. The van der Waals surface area contributed by atoms with Gasteiger partial charge in [0.15, 0.2) is 0 Å². The number of rotatable bonds is 7.